The van der Waals surface area contributed by atoms with Crippen molar-refractivity contribution in [3.63, 3.8) is 0 Å². The first-order chi connectivity index (χ1) is 12.2. The molecule has 0 N–H and O–H groups in total. The van der Waals surface area contributed by atoms with Gasteiger partial charge in [-0.2, -0.15) is 0 Å². The van der Waals surface area contributed by atoms with Crippen molar-refractivity contribution in [2.75, 3.05) is 0 Å². The van der Waals surface area contributed by atoms with Gasteiger partial charge in [-0.05, 0) is 53.4 Å². The molecule has 0 radical (unpaired) electrons. The van der Waals surface area contributed by atoms with Crippen LogP contribution in [0.4, 0.5) is 0 Å². The zero-order valence-electron chi connectivity index (χ0n) is 20.1. The molecule has 0 aliphatic carbocycles. The Balaban J connectivity index is 5.22. The van der Waals surface area contributed by atoms with Gasteiger partial charge < -0.3 is 9.47 Å². The van der Waals surface area contributed by atoms with E-state index in [9.17, 15) is 14.4 Å². The number of hydrogen-bond acceptors (Lipinski definition) is 5. The van der Waals surface area contributed by atoms with Crippen LogP contribution in [0.3, 0.4) is 0 Å². The van der Waals surface area contributed by atoms with Gasteiger partial charge in [-0.15, -0.1) is 0 Å². The molecule has 164 valence electrons. The van der Waals surface area contributed by atoms with Crippen molar-refractivity contribution in [1.82, 2.24) is 0 Å². The lowest BCUT2D eigenvalue weighted by Crippen LogP contribution is -2.48. The van der Waals surface area contributed by atoms with Crippen LogP contribution in [-0.2, 0) is 23.9 Å². The molecule has 28 heavy (non-hydrogen) atoms. The molecule has 0 saturated heterocycles. The summed E-state index contributed by atoms with van der Waals surface area (Å²) in [7, 11) is 0. The van der Waals surface area contributed by atoms with Gasteiger partial charge in [0.2, 0.25) is 0 Å². The Morgan fingerprint density at radius 3 is 1.68 bits per heavy atom. The second-order valence-corrected chi connectivity index (χ2v) is 11.1. The third-order valence-corrected chi connectivity index (χ3v) is 4.57. The van der Waals surface area contributed by atoms with Crippen molar-refractivity contribution in [2.24, 2.45) is 16.7 Å². The molecule has 0 saturated carbocycles. The Kier molecular flexibility index (Phi) is 8.66. The number of rotatable bonds is 10. The van der Waals surface area contributed by atoms with Crippen molar-refractivity contribution < 1.29 is 23.9 Å². The van der Waals surface area contributed by atoms with Crippen LogP contribution in [0.15, 0.2) is 0 Å². The first-order valence-corrected chi connectivity index (χ1v) is 10.2. The normalized spacial score (nSPS) is 14.8. The highest BCUT2D eigenvalue weighted by molar-refractivity contribution is 5.92. The molecular formula is C23H42O5. The number of carbonyl (C=O) groups excluding carboxylic acids is 3. The number of esters is 1. The molecule has 0 fully saturated rings. The molecule has 0 aliphatic heterocycles. The molecule has 0 aromatic carbocycles. The van der Waals surface area contributed by atoms with Crippen LogP contribution in [-0.4, -0.2) is 34.8 Å². The van der Waals surface area contributed by atoms with E-state index >= 15 is 0 Å². The van der Waals surface area contributed by atoms with Gasteiger partial charge in [-0.25, -0.2) is 0 Å². The third kappa shape index (κ3) is 8.85. The van der Waals surface area contributed by atoms with Gasteiger partial charge in [-0.1, -0.05) is 41.5 Å². The summed E-state index contributed by atoms with van der Waals surface area (Å²) < 4.78 is 11.3. The maximum absolute atomic E-state index is 13.3. The van der Waals surface area contributed by atoms with E-state index in [1.807, 2.05) is 62.3 Å². The Bertz CT molecular complexity index is 576. The Morgan fingerprint density at radius 2 is 1.29 bits per heavy atom. The van der Waals surface area contributed by atoms with Gasteiger partial charge in [0.15, 0.2) is 11.6 Å². The van der Waals surface area contributed by atoms with Crippen molar-refractivity contribution in [3.05, 3.63) is 0 Å². The predicted molar refractivity (Wildman–Crippen MR) is 112 cm³/mol. The van der Waals surface area contributed by atoms with E-state index in [1.54, 1.807) is 20.8 Å². The Morgan fingerprint density at radius 1 is 0.821 bits per heavy atom. The summed E-state index contributed by atoms with van der Waals surface area (Å²) in [6, 6.07) is 0. The first kappa shape index (κ1) is 26.8. The fourth-order valence-electron chi connectivity index (χ4n) is 3.95. The smallest absolute Gasteiger partial charge is 0.306 e. The lowest BCUT2D eigenvalue weighted by atomic mass is 9.68. The molecule has 0 aromatic heterocycles. The predicted octanol–water partition coefficient (Wildman–Crippen LogP) is 5.14. The number of ether oxygens (including phenoxy) is 2. The minimum Gasteiger partial charge on any atom is -0.460 e. The quantitative estimate of drug-likeness (QED) is 0.477. The van der Waals surface area contributed by atoms with Crippen LogP contribution in [0.2, 0.25) is 0 Å². The summed E-state index contributed by atoms with van der Waals surface area (Å²) in [6.45, 7) is 21.9. The molecule has 0 bridgehead atoms. The standard InChI is InChI=1S/C23H42O5/c1-15(2)18(25)16(3)27-23(11,12)19(26)22(9,10)14-21(7,8)13-17(24)28-20(4,5)6/h15-16H,13-14H2,1-12H3. The molecule has 0 aromatic rings. The SMILES string of the molecule is CC(C)C(=O)C(C)OC(C)(C)C(=O)C(C)(C)CC(C)(C)CC(=O)OC(C)(C)C. The molecule has 0 aliphatic rings. The second-order valence-electron chi connectivity index (χ2n) is 11.1. The van der Waals surface area contributed by atoms with Crippen molar-refractivity contribution in [2.45, 2.75) is 113 Å². The van der Waals surface area contributed by atoms with Crippen LogP contribution >= 0.6 is 0 Å². The summed E-state index contributed by atoms with van der Waals surface area (Å²) in [5, 5.41) is 0. The maximum Gasteiger partial charge on any atom is 0.306 e. The van der Waals surface area contributed by atoms with Crippen LogP contribution in [0.1, 0.15) is 95.9 Å². The van der Waals surface area contributed by atoms with Gasteiger partial charge in [-0.3, -0.25) is 14.4 Å². The molecule has 1 atom stereocenters. The largest absolute Gasteiger partial charge is 0.460 e. The third-order valence-electron chi connectivity index (χ3n) is 4.57. The number of hydrogen-bond donors (Lipinski definition) is 0. The zero-order valence-corrected chi connectivity index (χ0v) is 20.1. The summed E-state index contributed by atoms with van der Waals surface area (Å²) in [5.74, 6) is -0.529. The summed E-state index contributed by atoms with van der Waals surface area (Å²) in [5.41, 5.74) is -2.78. The topological polar surface area (TPSA) is 69.7 Å². The summed E-state index contributed by atoms with van der Waals surface area (Å²) in [6.07, 6.45) is 0.0755. The monoisotopic (exact) mass is 398 g/mol. The summed E-state index contributed by atoms with van der Waals surface area (Å²) in [4.78, 5) is 37.7. The Labute approximate surface area is 171 Å². The Hall–Kier alpha value is -1.23. The van der Waals surface area contributed by atoms with Gasteiger partial charge in [0.25, 0.3) is 0 Å². The minimum absolute atomic E-state index is 0.0241. The van der Waals surface area contributed by atoms with Crippen molar-refractivity contribution in [1.29, 1.82) is 0 Å². The molecule has 5 heteroatoms. The van der Waals surface area contributed by atoms with E-state index < -0.39 is 28.1 Å². The highest BCUT2D eigenvalue weighted by atomic mass is 16.6. The fraction of sp³-hybridized carbons (Fsp3) is 0.870. The van der Waals surface area contributed by atoms with Crippen molar-refractivity contribution in [3.8, 4) is 0 Å². The van der Waals surface area contributed by atoms with E-state index in [4.69, 9.17) is 9.47 Å². The fourth-order valence-corrected chi connectivity index (χ4v) is 3.95. The van der Waals surface area contributed by atoms with Crippen LogP contribution in [0.5, 0.6) is 0 Å². The molecule has 0 amide bonds. The second kappa shape index (κ2) is 9.06. The average molecular weight is 399 g/mol. The molecular weight excluding hydrogens is 356 g/mol. The number of ketones is 2. The van der Waals surface area contributed by atoms with E-state index in [0.717, 1.165) is 0 Å². The molecule has 1 unspecified atom stereocenters. The van der Waals surface area contributed by atoms with Crippen LogP contribution < -0.4 is 0 Å². The number of carbonyl (C=O) groups is 3. The van der Waals surface area contributed by atoms with E-state index in [-0.39, 0.29) is 29.9 Å². The highest BCUT2D eigenvalue weighted by Gasteiger charge is 2.44. The minimum atomic E-state index is -1.10. The van der Waals surface area contributed by atoms with E-state index in [0.29, 0.717) is 6.42 Å². The lowest BCUT2D eigenvalue weighted by molar-refractivity contribution is -0.164. The highest BCUT2D eigenvalue weighted by Crippen LogP contribution is 2.40. The molecule has 0 spiro atoms. The number of Topliss-reactive ketones (excluding diaryl/α,β-unsaturated/α-hetero) is 2. The lowest BCUT2D eigenvalue weighted by Gasteiger charge is -2.39. The van der Waals surface area contributed by atoms with Crippen LogP contribution in [0, 0.1) is 16.7 Å². The van der Waals surface area contributed by atoms with E-state index in [2.05, 4.69) is 0 Å². The molecule has 0 rings (SSSR count). The first-order valence-electron chi connectivity index (χ1n) is 10.2. The van der Waals surface area contributed by atoms with Gasteiger partial charge >= 0.3 is 5.97 Å². The van der Waals surface area contributed by atoms with Gasteiger partial charge in [0.05, 0.1) is 6.42 Å². The van der Waals surface area contributed by atoms with Gasteiger partial charge in [0, 0.05) is 11.3 Å². The average Bonchev–Trinajstić information content (AvgIpc) is 2.40. The zero-order chi connectivity index (χ0) is 22.7. The summed E-state index contributed by atoms with van der Waals surface area (Å²) >= 11 is 0. The van der Waals surface area contributed by atoms with Crippen molar-refractivity contribution >= 4 is 17.5 Å². The van der Waals surface area contributed by atoms with Gasteiger partial charge in [0.1, 0.15) is 17.3 Å². The molecule has 0 heterocycles. The maximum atomic E-state index is 13.3. The van der Waals surface area contributed by atoms with E-state index in [1.165, 1.54) is 0 Å². The van der Waals surface area contributed by atoms with Crippen LogP contribution in [0.25, 0.3) is 0 Å². The molecule has 5 nitrogen and oxygen atoms in total.